The van der Waals surface area contributed by atoms with E-state index in [9.17, 15) is 19.2 Å². The molecule has 8 heteroatoms. The highest BCUT2D eigenvalue weighted by Crippen LogP contribution is 2.23. The number of likely N-dealkylation sites (tertiary alicyclic amines) is 1. The minimum Gasteiger partial charge on any atom is -0.369 e. The van der Waals surface area contributed by atoms with Gasteiger partial charge in [0.2, 0.25) is 11.8 Å². The summed E-state index contributed by atoms with van der Waals surface area (Å²) < 4.78 is 0. The number of piperidine rings is 1. The minimum absolute atomic E-state index is 0.00627. The molecule has 0 radical (unpaired) electrons. The zero-order chi connectivity index (χ0) is 24.1. The number of carbonyl (C=O) groups excluding carboxylic acids is 4. The van der Waals surface area contributed by atoms with Gasteiger partial charge < -0.3 is 16.0 Å². The van der Waals surface area contributed by atoms with Crippen molar-refractivity contribution in [3.8, 4) is 0 Å². The van der Waals surface area contributed by atoms with Crippen LogP contribution in [0.15, 0.2) is 48.5 Å². The summed E-state index contributed by atoms with van der Waals surface area (Å²) in [6.45, 7) is 2.93. The summed E-state index contributed by atoms with van der Waals surface area (Å²) in [4.78, 5) is 51.9. The third-order valence-electron chi connectivity index (χ3n) is 6.61. The average molecular weight is 463 g/mol. The summed E-state index contributed by atoms with van der Waals surface area (Å²) in [5.41, 5.74) is 8.14. The molecule has 0 atom stereocenters. The van der Waals surface area contributed by atoms with E-state index < -0.39 is 0 Å². The zero-order valence-corrected chi connectivity index (χ0v) is 19.2. The maximum atomic E-state index is 12.4. The molecular formula is C26H30N4O4. The monoisotopic (exact) mass is 462 g/mol. The van der Waals surface area contributed by atoms with Gasteiger partial charge in [0.25, 0.3) is 11.8 Å². The summed E-state index contributed by atoms with van der Waals surface area (Å²) in [5.74, 6) is -0.933. The van der Waals surface area contributed by atoms with Gasteiger partial charge in [-0.25, -0.2) is 0 Å². The van der Waals surface area contributed by atoms with Crippen molar-refractivity contribution in [2.24, 2.45) is 11.7 Å². The zero-order valence-electron chi connectivity index (χ0n) is 19.2. The predicted molar refractivity (Wildman–Crippen MR) is 128 cm³/mol. The van der Waals surface area contributed by atoms with Gasteiger partial charge in [0.15, 0.2) is 0 Å². The topological polar surface area (TPSA) is 113 Å². The van der Waals surface area contributed by atoms with Crippen LogP contribution in [-0.2, 0) is 16.0 Å². The van der Waals surface area contributed by atoms with E-state index in [1.165, 1.54) is 10.5 Å². The summed E-state index contributed by atoms with van der Waals surface area (Å²) in [6.07, 6.45) is 3.18. The van der Waals surface area contributed by atoms with Crippen LogP contribution in [0.4, 0.5) is 5.69 Å². The fourth-order valence-electron chi connectivity index (χ4n) is 4.55. The number of nitrogens with two attached hydrogens (primary N) is 1. The second-order valence-electron chi connectivity index (χ2n) is 8.92. The number of anilines is 1. The Morgan fingerprint density at radius 1 is 0.912 bits per heavy atom. The number of imide groups is 1. The molecule has 0 bridgehead atoms. The molecule has 1 fully saturated rings. The first-order valence-electron chi connectivity index (χ1n) is 11.8. The Labute approximate surface area is 199 Å². The number of benzene rings is 2. The third-order valence-corrected chi connectivity index (χ3v) is 6.61. The first-order valence-corrected chi connectivity index (χ1v) is 11.8. The molecule has 2 aromatic carbocycles. The Balaban J connectivity index is 1.17. The maximum Gasteiger partial charge on any atom is 0.261 e. The Hall–Kier alpha value is -3.52. The third kappa shape index (κ3) is 5.51. The second kappa shape index (κ2) is 10.6. The van der Waals surface area contributed by atoms with E-state index in [1.807, 2.05) is 24.3 Å². The molecule has 0 unspecified atom stereocenters. The Morgan fingerprint density at radius 2 is 1.53 bits per heavy atom. The van der Waals surface area contributed by atoms with Crippen LogP contribution in [0.1, 0.15) is 52.0 Å². The number of fused-ring (bicyclic) bond motifs is 1. The standard InChI is InChI=1S/C26H30N4O4/c27-24(32)19-12-16-29(17-13-19)15-11-18-7-9-20(10-8-18)28-23(31)6-3-14-30-25(33)21-4-1-2-5-22(21)26(30)34/h1-2,4-5,7-10,19H,3,6,11-17H2,(H2,27,32)(H,28,31). The number of nitrogens with zero attached hydrogens (tertiary/aromatic N) is 2. The molecule has 34 heavy (non-hydrogen) atoms. The number of amides is 4. The van der Waals surface area contributed by atoms with Crippen molar-refractivity contribution in [1.82, 2.24) is 9.80 Å². The van der Waals surface area contributed by atoms with Gasteiger partial charge in [-0.3, -0.25) is 24.1 Å². The van der Waals surface area contributed by atoms with Crippen molar-refractivity contribution in [2.75, 3.05) is 31.5 Å². The summed E-state index contributed by atoms with van der Waals surface area (Å²) in [5, 5.41) is 2.87. The van der Waals surface area contributed by atoms with E-state index in [1.54, 1.807) is 24.3 Å². The van der Waals surface area contributed by atoms with Crippen molar-refractivity contribution in [1.29, 1.82) is 0 Å². The van der Waals surface area contributed by atoms with E-state index >= 15 is 0 Å². The molecule has 0 saturated carbocycles. The lowest BCUT2D eigenvalue weighted by atomic mass is 9.96. The summed E-state index contributed by atoms with van der Waals surface area (Å²) >= 11 is 0. The number of rotatable bonds is 9. The number of carbonyl (C=O) groups is 4. The summed E-state index contributed by atoms with van der Waals surface area (Å²) in [6, 6.07) is 14.6. The number of primary amides is 1. The van der Waals surface area contributed by atoms with Gasteiger partial charge in [0.05, 0.1) is 11.1 Å². The molecule has 2 aliphatic heterocycles. The first kappa shape index (κ1) is 23.6. The van der Waals surface area contributed by atoms with Crippen LogP contribution in [0.25, 0.3) is 0 Å². The van der Waals surface area contributed by atoms with Crippen LogP contribution in [0.2, 0.25) is 0 Å². The highest BCUT2D eigenvalue weighted by Gasteiger charge is 2.34. The van der Waals surface area contributed by atoms with Crippen LogP contribution in [-0.4, -0.2) is 59.6 Å². The van der Waals surface area contributed by atoms with Crippen molar-refractivity contribution in [3.63, 3.8) is 0 Å². The fraction of sp³-hybridized carbons (Fsp3) is 0.385. The molecule has 178 valence electrons. The lowest BCUT2D eigenvalue weighted by Crippen LogP contribution is -2.39. The highest BCUT2D eigenvalue weighted by molar-refractivity contribution is 6.21. The molecule has 2 aromatic rings. The Morgan fingerprint density at radius 3 is 2.12 bits per heavy atom. The molecule has 8 nitrogen and oxygen atoms in total. The van der Waals surface area contributed by atoms with E-state index in [0.29, 0.717) is 17.5 Å². The van der Waals surface area contributed by atoms with E-state index in [-0.39, 0.29) is 42.5 Å². The molecule has 0 spiro atoms. The quantitative estimate of drug-likeness (QED) is 0.556. The molecule has 1 saturated heterocycles. The lowest BCUT2D eigenvalue weighted by Gasteiger charge is -2.30. The number of hydrogen-bond donors (Lipinski definition) is 2. The van der Waals surface area contributed by atoms with Crippen LogP contribution < -0.4 is 11.1 Å². The van der Waals surface area contributed by atoms with Gasteiger partial charge >= 0.3 is 0 Å². The SMILES string of the molecule is NC(=O)C1CCN(CCc2ccc(NC(=O)CCCN3C(=O)c4ccccc4C3=O)cc2)CC1. The maximum absolute atomic E-state index is 12.4. The lowest BCUT2D eigenvalue weighted by molar-refractivity contribution is -0.123. The Kier molecular flexibility index (Phi) is 7.37. The van der Waals surface area contributed by atoms with Crippen LogP contribution in [0.3, 0.4) is 0 Å². The average Bonchev–Trinajstić information content (AvgIpc) is 3.09. The molecule has 0 aliphatic carbocycles. The van der Waals surface area contributed by atoms with Crippen molar-refractivity contribution >= 4 is 29.3 Å². The second-order valence-corrected chi connectivity index (χ2v) is 8.92. The van der Waals surface area contributed by atoms with Crippen LogP contribution >= 0.6 is 0 Å². The molecule has 4 amide bonds. The largest absolute Gasteiger partial charge is 0.369 e. The van der Waals surface area contributed by atoms with Gasteiger partial charge in [-0.2, -0.15) is 0 Å². The fourth-order valence-corrected chi connectivity index (χ4v) is 4.55. The molecule has 4 rings (SSSR count). The minimum atomic E-state index is -0.297. The molecule has 2 aliphatic rings. The van der Waals surface area contributed by atoms with Crippen LogP contribution in [0.5, 0.6) is 0 Å². The molecule has 2 heterocycles. The molecular weight excluding hydrogens is 432 g/mol. The van der Waals surface area contributed by atoms with Crippen molar-refractivity contribution < 1.29 is 19.2 Å². The van der Waals surface area contributed by atoms with E-state index in [0.717, 1.165) is 44.6 Å². The normalized spacial score (nSPS) is 16.5. The first-order chi connectivity index (χ1) is 16.4. The van der Waals surface area contributed by atoms with Gasteiger partial charge in [-0.05, 0) is 68.6 Å². The van der Waals surface area contributed by atoms with Gasteiger partial charge in [-0.1, -0.05) is 24.3 Å². The Bertz CT molecular complexity index is 1040. The van der Waals surface area contributed by atoms with Crippen molar-refractivity contribution in [3.05, 3.63) is 65.2 Å². The van der Waals surface area contributed by atoms with Gasteiger partial charge in [-0.15, -0.1) is 0 Å². The molecule has 3 N–H and O–H groups in total. The van der Waals surface area contributed by atoms with Crippen molar-refractivity contribution in [2.45, 2.75) is 32.1 Å². The smallest absolute Gasteiger partial charge is 0.261 e. The van der Waals surface area contributed by atoms with E-state index in [2.05, 4.69) is 10.2 Å². The highest BCUT2D eigenvalue weighted by atomic mass is 16.2. The number of hydrogen-bond acceptors (Lipinski definition) is 5. The van der Waals surface area contributed by atoms with Gasteiger partial charge in [0.1, 0.15) is 0 Å². The molecule has 0 aromatic heterocycles. The number of nitrogens with one attached hydrogen (secondary N) is 1. The predicted octanol–water partition coefficient (Wildman–Crippen LogP) is 2.44. The van der Waals surface area contributed by atoms with Crippen LogP contribution in [0, 0.1) is 5.92 Å². The summed E-state index contributed by atoms with van der Waals surface area (Å²) in [7, 11) is 0. The van der Waals surface area contributed by atoms with E-state index in [4.69, 9.17) is 5.73 Å². The van der Waals surface area contributed by atoms with Gasteiger partial charge in [0, 0.05) is 31.1 Å².